The molecule has 1 saturated heterocycles. The molecule has 13 nitrogen and oxygen atoms in total. The number of rotatable bonds is 11. The Morgan fingerprint density at radius 1 is 1.31 bits per heavy atom. The highest BCUT2D eigenvalue weighted by molar-refractivity contribution is 5.94. The number of methoxy groups -OCH3 is 2. The molecule has 1 fully saturated rings. The van der Waals surface area contributed by atoms with E-state index in [1.165, 1.54) is 24.7 Å². The number of hydrogen-bond donors (Lipinski definition) is 2. The van der Waals surface area contributed by atoms with Crippen molar-refractivity contribution >= 4 is 17.6 Å². The van der Waals surface area contributed by atoms with E-state index in [0.29, 0.717) is 0 Å². The average molecular weight is 609 g/mol. The lowest BCUT2D eigenvalue weighted by molar-refractivity contribution is -0.214. The molecule has 42 heavy (non-hydrogen) atoms. The maximum atomic E-state index is 14.9. The van der Waals surface area contributed by atoms with Crippen molar-refractivity contribution in [3.8, 4) is 5.88 Å². The lowest BCUT2D eigenvalue weighted by Crippen LogP contribution is -2.58. The van der Waals surface area contributed by atoms with Crippen molar-refractivity contribution in [1.82, 2.24) is 40.4 Å². The van der Waals surface area contributed by atoms with E-state index in [2.05, 4.69) is 30.3 Å². The number of imidazole rings is 1. The van der Waals surface area contributed by atoms with Gasteiger partial charge in [0.05, 0.1) is 67.8 Å². The minimum atomic E-state index is -4.71. The summed E-state index contributed by atoms with van der Waals surface area (Å²) < 4.78 is 117. The minimum absolute atomic E-state index is 0.0244. The van der Waals surface area contributed by atoms with Gasteiger partial charge in [-0.15, -0.1) is 0 Å². The van der Waals surface area contributed by atoms with Gasteiger partial charge in [-0.2, -0.15) is 18.3 Å². The molecule has 3 amide bonds. The summed E-state index contributed by atoms with van der Waals surface area (Å²) in [6, 6.07) is -2.98. The van der Waals surface area contributed by atoms with E-state index < -0.39 is 67.6 Å². The Morgan fingerprint density at radius 3 is 2.71 bits per heavy atom. The highest BCUT2D eigenvalue weighted by Crippen LogP contribution is 2.42. The Labute approximate surface area is 241 Å². The van der Waals surface area contributed by atoms with Crippen LogP contribution in [-0.4, -0.2) is 87.7 Å². The van der Waals surface area contributed by atoms with Crippen LogP contribution in [0.15, 0.2) is 23.1 Å². The monoisotopic (exact) mass is 608 g/mol. The van der Waals surface area contributed by atoms with Gasteiger partial charge in [-0.1, -0.05) is 13.8 Å². The third kappa shape index (κ3) is 6.52. The number of carbonyl (C=O) groups is 2. The number of alkyl halides is 5. The molecule has 1 aliphatic heterocycles. The summed E-state index contributed by atoms with van der Waals surface area (Å²) in [6.07, 6.45) is -2.92. The van der Waals surface area contributed by atoms with Crippen LogP contribution in [0, 0.1) is 5.41 Å². The summed E-state index contributed by atoms with van der Waals surface area (Å²) in [7, 11) is 2.36. The molecule has 2 atom stereocenters. The van der Waals surface area contributed by atoms with Gasteiger partial charge in [0.1, 0.15) is 0 Å². The SMILES string of the molecule is [2H]C1([2H])NC(=O)N([C@H](COC)c2cnn3cc([C@H](CCC(C)(C)C(F)(F)F)NC(=O)c4nonc4OC)nc3c2)C([2H])([2H])C1(F)F. The van der Waals surface area contributed by atoms with E-state index in [9.17, 15) is 31.5 Å². The van der Waals surface area contributed by atoms with Gasteiger partial charge < -0.3 is 25.0 Å². The number of amides is 3. The molecule has 0 spiro atoms. The molecule has 18 heteroatoms. The van der Waals surface area contributed by atoms with Crippen LogP contribution in [0.2, 0.25) is 0 Å². The standard InChI is InChI=1S/C24H29F5N8O5/c1-22(2,24(27,28)29)6-5-14(33-19(38)18-20(41-4)35-42-34-18)15-9-37-17(32-15)7-13(8-31-37)16(10-40-3)36-12-23(25,26)11-30-21(36)39/h7-9,14,16H,5-6,10-12H2,1-4H3,(H,30,39)(H,33,38)/t14-,16+/m0/s1/i11D2,12D2. The van der Waals surface area contributed by atoms with Crippen LogP contribution in [0.3, 0.4) is 0 Å². The highest BCUT2D eigenvalue weighted by Gasteiger charge is 2.47. The van der Waals surface area contributed by atoms with Crippen molar-refractivity contribution in [2.45, 2.75) is 50.9 Å². The van der Waals surface area contributed by atoms with Gasteiger partial charge in [-0.3, -0.25) is 4.79 Å². The van der Waals surface area contributed by atoms with Crippen molar-refractivity contribution < 1.29 is 51.1 Å². The molecular formula is C24H29F5N8O5. The van der Waals surface area contributed by atoms with Gasteiger partial charge in [0.25, 0.3) is 17.7 Å². The largest absolute Gasteiger partial charge is 0.477 e. The van der Waals surface area contributed by atoms with E-state index in [-0.39, 0.29) is 39.8 Å². The van der Waals surface area contributed by atoms with Crippen LogP contribution in [0.25, 0.3) is 5.65 Å². The normalized spacial score (nSPS) is 21.0. The molecule has 3 aromatic rings. The van der Waals surface area contributed by atoms with Gasteiger partial charge in [-0.25, -0.2) is 27.7 Å². The first kappa shape index (κ1) is 25.6. The summed E-state index contributed by atoms with van der Waals surface area (Å²) in [5.41, 5.74) is -2.60. The van der Waals surface area contributed by atoms with Gasteiger partial charge in [-0.05, 0) is 29.2 Å². The number of aromatic nitrogens is 5. The predicted molar refractivity (Wildman–Crippen MR) is 133 cm³/mol. The molecule has 230 valence electrons. The van der Waals surface area contributed by atoms with Crippen molar-refractivity contribution in [1.29, 1.82) is 0 Å². The fraction of sp³-hybridized carbons (Fsp3) is 0.583. The molecule has 4 rings (SSSR count). The van der Waals surface area contributed by atoms with Gasteiger partial charge in [0.15, 0.2) is 5.65 Å². The first-order chi connectivity index (χ1) is 21.2. The Morgan fingerprint density at radius 2 is 2.05 bits per heavy atom. The van der Waals surface area contributed by atoms with E-state index in [4.69, 9.17) is 15.0 Å². The smallest absolute Gasteiger partial charge is 0.393 e. The van der Waals surface area contributed by atoms with Crippen LogP contribution in [0.4, 0.5) is 26.7 Å². The molecule has 4 heterocycles. The number of ether oxygens (including phenoxy) is 2. The second-order valence-electron chi connectivity index (χ2n) is 9.91. The molecule has 0 unspecified atom stereocenters. The Bertz CT molecular complexity index is 1600. The lowest BCUT2D eigenvalue weighted by atomic mass is 9.85. The first-order valence-corrected chi connectivity index (χ1v) is 12.3. The number of nitrogens with zero attached hydrogens (tertiary/aromatic N) is 6. The van der Waals surface area contributed by atoms with Crippen molar-refractivity contribution in [3.63, 3.8) is 0 Å². The third-order valence-corrected chi connectivity index (χ3v) is 6.54. The van der Waals surface area contributed by atoms with E-state index in [0.717, 1.165) is 31.7 Å². The van der Waals surface area contributed by atoms with Gasteiger partial charge in [0, 0.05) is 12.7 Å². The quantitative estimate of drug-likeness (QED) is 0.313. The summed E-state index contributed by atoms with van der Waals surface area (Å²) in [5, 5.41) is 15.0. The fourth-order valence-corrected chi connectivity index (χ4v) is 4.00. The van der Waals surface area contributed by atoms with Crippen molar-refractivity contribution in [3.05, 3.63) is 35.4 Å². The number of fused-ring (bicyclic) bond motifs is 1. The molecule has 2 N–H and O–H groups in total. The average Bonchev–Trinajstić information content (AvgIpc) is 3.60. The van der Waals surface area contributed by atoms with Crippen molar-refractivity contribution in [2.75, 3.05) is 33.8 Å². The molecule has 0 radical (unpaired) electrons. The Balaban J connectivity index is 1.72. The summed E-state index contributed by atoms with van der Waals surface area (Å²) in [4.78, 5) is 30.2. The molecular weight excluding hydrogens is 575 g/mol. The minimum Gasteiger partial charge on any atom is -0.477 e. The number of nitrogens with one attached hydrogen (secondary N) is 2. The number of carbonyl (C=O) groups excluding carboxylic acids is 2. The van der Waals surface area contributed by atoms with E-state index in [1.807, 2.05) is 0 Å². The Hall–Kier alpha value is -4.09. The van der Waals surface area contributed by atoms with E-state index >= 15 is 0 Å². The summed E-state index contributed by atoms with van der Waals surface area (Å²) in [6.45, 7) is -6.10. The van der Waals surface area contributed by atoms with Gasteiger partial charge in [0.2, 0.25) is 5.69 Å². The maximum absolute atomic E-state index is 14.9. The topological polar surface area (TPSA) is 149 Å². The highest BCUT2D eigenvalue weighted by atomic mass is 19.4. The van der Waals surface area contributed by atoms with Crippen LogP contribution < -0.4 is 15.4 Å². The zero-order chi connectivity index (χ0) is 34.5. The molecule has 3 aromatic heterocycles. The number of urea groups is 1. The van der Waals surface area contributed by atoms with E-state index in [1.54, 1.807) is 0 Å². The zero-order valence-electron chi connectivity index (χ0n) is 26.6. The van der Waals surface area contributed by atoms with Crippen LogP contribution in [0.1, 0.15) is 66.0 Å². The van der Waals surface area contributed by atoms with Crippen LogP contribution in [0.5, 0.6) is 5.88 Å². The third-order valence-electron chi connectivity index (χ3n) is 6.54. The summed E-state index contributed by atoms with van der Waals surface area (Å²) >= 11 is 0. The van der Waals surface area contributed by atoms with Crippen LogP contribution in [-0.2, 0) is 4.74 Å². The molecule has 1 aliphatic rings. The van der Waals surface area contributed by atoms with Crippen molar-refractivity contribution in [2.24, 2.45) is 5.41 Å². The number of halogens is 5. The maximum Gasteiger partial charge on any atom is 0.393 e. The molecule has 0 aromatic carbocycles. The lowest BCUT2D eigenvalue weighted by Gasteiger charge is -2.38. The predicted octanol–water partition coefficient (Wildman–Crippen LogP) is 3.31. The first-order valence-electron chi connectivity index (χ1n) is 14.3. The zero-order valence-corrected chi connectivity index (χ0v) is 22.6. The summed E-state index contributed by atoms with van der Waals surface area (Å²) in [5.74, 6) is -5.90. The second kappa shape index (κ2) is 11.7. The second-order valence-corrected chi connectivity index (χ2v) is 9.91. The van der Waals surface area contributed by atoms with Crippen LogP contribution >= 0.6 is 0 Å². The molecule has 0 aliphatic carbocycles. The fourth-order valence-electron chi connectivity index (χ4n) is 4.00. The molecule has 0 bridgehead atoms. The molecule has 0 saturated carbocycles. The Kier molecular flexibility index (Phi) is 7.10. The number of hydrogen-bond acceptors (Lipinski definition) is 9. The van der Waals surface area contributed by atoms with Gasteiger partial charge >= 0.3 is 12.2 Å².